The number of amides is 2. The minimum atomic E-state index is -1.18. The van der Waals surface area contributed by atoms with Crippen molar-refractivity contribution < 1.29 is 19.2 Å². The molecule has 4 rings (SSSR count). The molecule has 184 valence electrons. The summed E-state index contributed by atoms with van der Waals surface area (Å²) >= 11 is 3.00. The fourth-order valence-electron chi connectivity index (χ4n) is 3.50. The molecule has 12 heteroatoms. The smallest absolute Gasteiger partial charge is 0.405 e. The fourth-order valence-corrected chi connectivity index (χ4v) is 5.19. The Hall–Kier alpha value is -4.16. The highest BCUT2D eigenvalue weighted by atomic mass is 32.1. The molecule has 3 N–H and O–H groups in total. The summed E-state index contributed by atoms with van der Waals surface area (Å²) in [4.78, 5) is 45.1. The molecule has 0 fully saturated rings. The van der Waals surface area contributed by atoms with Crippen molar-refractivity contribution >= 4 is 40.4 Å². The predicted molar refractivity (Wildman–Crippen MR) is 136 cm³/mol. The lowest BCUT2D eigenvalue weighted by molar-refractivity contribution is -0.384. The zero-order chi connectivity index (χ0) is 25.5. The van der Waals surface area contributed by atoms with Gasteiger partial charge in [-0.05, 0) is 35.1 Å². The van der Waals surface area contributed by atoms with Gasteiger partial charge in [-0.25, -0.2) is 9.78 Å². The van der Waals surface area contributed by atoms with Crippen LogP contribution in [0.5, 0.6) is 0 Å². The number of pyridine rings is 1. The molecular weight excluding hydrogens is 502 g/mol. The first kappa shape index (κ1) is 24.9. The van der Waals surface area contributed by atoms with Crippen LogP contribution in [0.1, 0.15) is 22.9 Å². The van der Waals surface area contributed by atoms with Crippen molar-refractivity contribution in [2.45, 2.75) is 25.0 Å². The summed E-state index contributed by atoms with van der Waals surface area (Å²) in [6.07, 6.45) is 1.33. The summed E-state index contributed by atoms with van der Waals surface area (Å²) in [5.41, 5.74) is 7.27. The van der Waals surface area contributed by atoms with Crippen LogP contribution in [0.2, 0.25) is 0 Å². The van der Waals surface area contributed by atoms with E-state index < -0.39 is 29.1 Å². The van der Waals surface area contributed by atoms with Crippen molar-refractivity contribution in [2.75, 3.05) is 0 Å². The molecule has 36 heavy (non-hydrogen) atoms. The van der Waals surface area contributed by atoms with E-state index >= 15 is 0 Å². The Bertz CT molecular complexity index is 1330. The van der Waals surface area contributed by atoms with Crippen molar-refractivity contribution in [2.24, 2.45) is 5.73 Å². The van der Waals surface area contributed by atoms with Crippen LogP contribution in [0, 0.1) is 10.1 Å². The van der Waals surface area contributed by atoms with Crippen LogP contribution in [0.4, 0.5) is 10.5 Å². The molecule has 2 atom stereocenters. The van der Waals surface area contributed by atoms with Gasteiger partial charge in [0, 0.05) is 36.3 Å². The number of thiophene rings is 1. The van der Waals surface area contributed by atoms with E-state index in [0.717, 1.165) is 15.4 Å². The zero-order valence-corrected chi connectivity index (χ0v) is 20.4. The molecule has 2 unspecified atom stereocenters. The maximum Gasteiger partial charge on any atom is 0.405 e. The van der Waals surface area contributed by atoms with E-state index in [1.165, 1.54) is 23.5 Å². The van der Waals surface area contributed by atoms with Gasteiger partial charge < -0.3 is 15.8 Å². The molecule has 2 amide bonds. The summed E-state index contributed by atoms with van der Waals surface area (Å²) in [5.74, 6) is -0.546. The molecule has 0 bridgehead atoms. The molecule has 3 aromatic heterocycles. The third-order valence-electron chi connectivity index (χ3n) is 5.21. The van der Waals surface area contributed by atoms with Gasteiger partial charge in [-0.1, -0.05) is 24.3 Å². The lowest BCUT2D eigenvalue weighted by Gasteiger charge is -2.22. The number of non-ortho nitro benzene ring substituents is 1. The molecule has 0 aliphatic heterocycles. The van der Waals surface area contributed by atoms with Crippen LogP contribution in [0.3, 0.4) is 0 Å². The first-order chi connectivity index (χ1) is 17.4. The maximum atomic E-state index is 13.3. The van der Waals surface area contributed by atoms with Crippen LogP contribution < -0.4 is 11.1 Å². The number of nitrogens with zero attached hydrogens (tertiary/aromatic N) is 3. The summed E-state index contributed by atoms with van der Waals surface area (Å²) in [6, 6.07) is 12.9. The number of carbonyl (C=O) groups is 2. The lowest BCUT2D eigenvalue weighted by atomic mass is 10.0. The number of thiazole rings is 1. The Morgan fingerprint density at radius 3 is 2.53 bits per heavy atom. The maximum absolute atomic E-state index is 13.3. The Morgan fingerprint density at radius 2 is 1.89 bits per heavy atom. The number of hydrogen-bond acceptors (Lipinski definition) is 9. The largest absolute Gasteiger partial charge is 0.436 e. The van der Waals surface area contributed by atoms with Crippen LogP contribution in [-0.4, -0.2) is 33.0 Å². The van der Waals surface area contributed by atoms with E-state index in [-0.39, 0.29) is 12.1 Å². The summed E-state index contributed by atoms with van der Waals surface area (Å²) in [5, 5.41) is 18.6. The SMILES string of the molecule is NC(=O)OC(Cc1cccnc1)C(=O)NC(Cc1ccc([N+](=O)[O-])cc1)c1csc(-c2cccs2)n1. The number of nitro benzene ring substituents is 1. The Balaban J connectivity index is 1.59. The first-order valence-electron chi connectivity index (χ1n) is 10.8. The topological polar surface area (TPSA) is 150 Å². The monoisotopic (exact) mass is 523 g/mol. The minimum Gasteiger partial charge on any atom is -0.436 e. The van der Waals surface area contributed by atoms with Crippen LogP contribution in [0.25, 0.3) is 9.88 Å². The van der Waals surface area contributed by atoms with E-state index in [1.807, 2.05) is 22.9 Å². The molecule has 10 nitrogen and oxygen atoms in total. The first-order valence-corrected chi connectivity index (χ1v) is 12.5. The summed E-state index contributed by atoms with van der Waals surface area (Å²) < 4.78 is 5.12. The van der Waals surface area contributed by atoms with E-state index in [2.05, 4.69) is 10.3 Å². The number of nitrogens with one attached hydrogen (secondary N) is 1. The molecule has 4 aromatic rings. The Morgan fingerprint density at radius 1 is 1.08 bits per heavy atom. The third-order valence-corrected chi connectivity index (χ3v) is 7.11. The Labute approximate surface area is 213 Å². The van der Waals surface area contributed by atoms with Gasteiger partial charge in [0.05, 0.1) is 21.5 Å². The Kier molecular flexibility index (Phi) is 7.98. The standard InChI is InChI=1S/C24H21N5O5S2/c25-24(31)34-20(12-16-3-1-9-26-13-16)22(30)27-18(11-15-5-7-17(8-6-15)29(32)33)19-14-36-23(28-19)21-4-2-10-35-21/h1-10,13-14,18,20H,11-12H2,(H2,25,31)(H,27,30). The highest BCUT2D eigenvalue weighted by Gasteiger charge is 2.27. The molecule has 0 saturated heterocycles. The number of benzene rings is 1. The van der Waals surface area contributed by atoms with Gasteiger partial charge in [0.1, 0.15) is 5.01 Å². The van der Waals surface area contributed by atoms with Gasteiger partial charge in [-0.3, -0.25) is 19.9 Å². The second-order valence-electron chi connectivity index (χ2n) is 7.73. The van der Waals surface area contributed by atoms with Crippen LogP contribution in [-0.2, 0) is 22.4 Å². The van der Waals surface area contributed by atoms with Crippen LogP contribution in [0.15, 0.2) is 71.7 Å². The number of nitrogens with two attached hydrogens (primary N) is 1. The molecule has 0 saturated carbocycles. The molecule has 0 aliphatic rings. The second kappa shape index (κ2) is 11.5. The number of ether oxygens (including phenoxy) is 1. The highest BCUT2D eigenvalue weighted by molar-refractivity contribution is 7.20. The van der Waals surface area contributed by atoms with E-state index in [4.69, 9.17) is 15.5 Å². The van der Waals surface area contributed by atoms with Gasteiger partial charge in [0.15, 0.2) is 6.10 Å². The van der Waals surface area contributed by atoms with Gasteiger partial charge in [0.25, 0.3) is 11.6 Å². The fraction of sp³-hybridized carbons (Fsp3) is 0.167. The van der Waals surface area contributed by atoms with E-state index in [1.54, 1.807) is 48.0 Å². The van der Waals surface area contributed by atoms with Gasteiger partial charge in [-0.2, -0.15) is 0 Å². The molecular formula is C24H21N5O5S2. The number of nitro groups is 1. The molecule has 1 aromatic carbocycles. The van der Waals surface area contributed by atoms with Crippen molar-refractivity contribution in [3.63, 3.8) is 0 Å². The number of primary amides is 1. The molecule has 0 aliphatic carbocycles. The highest BCUT2D eigenvalue weighted by Crippen LogP contribution is 2.31. The van der Waals surface area contributed by atoms with Crippen LogP contribution >= 0.6 is 22.7 Å². The normalized spacial score (nSPS) is 12.4. The molecule has 0 spiro atoms. The number of carbonyl (C=O) groups excluding carboxylic acids is 2. The second-order valence-corrected chi connectivity index (χ2v) is 9.54. The predicted octanol–water partition coefficient (Wildman–Crippen LogP) is 4.28. The zero-order valence-electron chi connectivity index (χ0n) is 18.8. The van der Waals surface area contributed by atoms with Crippen molar-refractivity contribution in [1.29, 1.82) is 0 Å². The number of rotatable bonds is 10. The average molecular weight is 524 g/mol. The quantitative estimate of drug-likeness (QED) is 0.233. The number of hydrogen-bond donors (Lipinski definition) is 2. The van der Waals surface area contributed by atoms with E-state index in [0.29, 0.717) is 17.7 Å². The van der Waals surface area contributed by atoms with E-state index in [9.17, 15) is 19.7 Å². The van der Waals surface area contributed by atoms with Crippen molar-refractivity contribution in [3.8, 4) is 9.88 Å². The average Bonchev–Trinajstić information content (AvgIpc) is 3.56. The van der Waals surface area contributed by atoms with Gasteiger partial charge in [-0.15, -0.1) is 22.7 Å². The van der Waals surface area contributed by atoms with Gasteiger partial charge in [0.2, 0.25) is 0 Å². The van der Waals surface area contributed by atoms with Crippen molar-refractivity contribution in [3.05, 3.63) is 98.6 Å². The third kappa shape index (κ3) is 6.49. The minimum absolute atomic E-state index is 0.0284. The molecule has 3 heterocycles. The summed E-state index contributed by atoms with van der Waals surface area (Å²) in [7, 11) is 0. The van der Waals surface area contributed by atoms with Crippen molar-refractivity contribution in [1.82, 2.24) is 15.3 Å². The number of aromatic nitrogens is 2. The summed E-state index contributed by atoms with van der Waals surface area (Å²) in [6.45, 7) is 0. The molecule has 0 radical (unpaired) electrons. The van der Waals surface area contributed by atoms with Gasteiger partial charge >= 0.3 is 6.09 Å². The lowest BCUT2D eigenvalue weighted by Crippen LogP contribution is -2.42.